The third kappa shape index (κ3) is 3.07. The zero-order valence-electron chi connectivity index (χ0n) is 9.98. The second kappa shape index (κ2) is 5.32. The van der Waals surface area contributed by atoms with Gasteiger partial charge in [0.1, 0.15) is 5.82 Å². The summed E-state index contributed by atoms with van der Waals surface area (Å²) in [5.41, 5.74) is 0.831. The van der Waals surface area contributed by atoms with Gasteiger partial charge in [0.05, 0.1) is 6.04 Å². The van der Waals surface area contributed by atoms with E-state index in [2.05, 4.69) is 30.6 Å². The molecule has 3 heteroatoms. The molecule has 1 N–H and O–H groups in total. The predicted octanol–water partition coefficient (Wildman–Crippen LogP) is 4.70. The summed E-state index contributed by atoms with van der Waals surface area (Å²) in [6, 6.07) is 11.0. The molecular formula is C14H16FNS. The summed E-state index contributed by atoms with van der Waals surface area (Å²) in [4.78, 5) is 1.28. The van der Waals surface area contributed by atoms with Crippen LogP contribution >= 0.6 is 11.3 Å². The number of anilines is 1. The molecule has 1 aromatic heterocycles. The van der Waals surface area contributed by atoms with E-state index in [1.165, 1.54) is 17.0 Å². The van der Waals surface area contributed by atoms with Crippen molar-refractivity contribution in [2.24, 2.45) is 5.92 Å². The Morgan fingerprint density at radius 2 is 2.00 bits per heavy atom. The second-order valence-electron chi connectivity index (χ2n) is 4.39. The van der Waals surface area contributed by atoms with Crippen molar-refractivity contribution < 1.29 is 4.39 Å². The van der Waals surface area contributed by atoms with Crippen LogP contribution in [0, 0.1) is 11.7 Å². The highest BCUT2D eigenvalue weighted by atomic mass is 32.1. The van der Waals surface area contributed by atoms with Crippen LogP contribution in [0.3, 0.4) is 0 Å². The van der Waals surface area contributed by atoms with Gasteiger partial charge in [0.25, 0.3) is 0 Å². The number of rotatable bonds is 4. The van der Waals surface area contributed by atoms with Gasteiger partial charge in [0, 0.05) is 10.6 Å². The Kier molecular flexibility index (Phi) is 3.79. The fourth-order valence-electron chi connectivity index (χ4n) is 1.79. The van der Waals surface area contributed by atoms with Crippen LogP contribution in [0.4, 0.5) is 10.1 Å². The number of hydrogen-bond acceptors (Lipinski definition) is 2. The van der Waals surface area contributed by atoms with Crippen molar-refractivity contribution in [3.63, 3.8) is 0 Å². The van der Waals surface area contributed by atoms with Crippen molar-refractivity contribution >= 4 is 17.0 Å². The summed E-state index contributed by atoms with van der Waals surface area (Å²) in [7, 11) is 0. The van der Waals surface area contributed by atoms with Crippen molar-refractivity contribution in [3.05, 3.63) is 52.5 Å². The number of benzene rings is 1. The van der Waals surface area contributed by atoms with Gasteiger partial charge in [-0.05, 0) is 35.6 Å². The number of nitrogens with one attached hydrogen (secondary N) is 1. The number of thiophene rings is 1. The molecule has 0 spiro atoms. The molecule has 0 aliphatic rings. The average Bonchev–Trinajstić information content (AvgIpc) is 2.78. The third-order valence-corrected chi connectivity index (χ3v) is 3.62. The van der Waals surface area contributed by atoms with Gasteiger partial charge in [-0.2, -0.15) is 0 Å². The van der Waals surface area contributed by atoms with Gasteiger partial charge < -0.3 is 5.32 Å². The molecule has 0 fully saturated rings. The molecule has 0 aliphatic heterocycles. The van der Waals surface area contributed by atoms with Crippen molar-refractivity contribution in [3.8, 4) is 0 Å². The lowest BCUT2D eigenvalue weighted by Gasteiger charge is -2.22. The average molecular weight is 249 g/mol. The van der Waals surface area contributed by atoms with E-state index >= 15 is 0 Å². The molecule has 1 atom stereocenters. The number of halogens is 1. The minimum atomic E-state index is -0.205. The van der Waals surface area contributed by atoms with Crippen LogP contribution in [0.25, 0.3) is 0 Å². The van der Waals surface area contributed by atoms with Crippen LogP contribution in [-0.2, 0) is 0 Å². The Bertz CT molecular complexity index is 465. The lowest BCUT2D eigenvalue weighted by Crippen LogP contribution is -2.15. The molecule has 1 nitrogen and oxygen atoms in total. The van der Waals surface area contributed by atoms with Crippen LogP contribution in [0.15, 0.2) is 41.8 Å². The minimum Gasteiger partial charge on any atom is -0.377 e. The van der Waals surface area contributed by atoms with E-state index in [1.54, 1.807) is 17.4 Å². The van der Waals surface area contributed by atoms with E-state index in [4.69, 9.17) is 0 Å². The molecule has 0 saturated carbocycles. The van der Waals surface area contributed by atoms with Crippen molar-refractivity contribution in [1.82, 2.24) is 0 Å². The van der Waals surface area contributed by atoms with Gasteiger partial charge in [-0.1, -0.05) is 26.0 Å². The van der Waals surface area contributed by atoms with Gasteiger partial charge in [0.2, 0.25) is 0 Å². The Morgan fingerprint density at radius 3 is 2.59 bits per heavy atom. The van der Waals surface area contributed by atoms with E-state index in [0.29, 0.717) is 5.92 Å². The molecule has 1 aromatic carbocycles. The smallest absolute Gasteiger partial charge is 0.125 e. The van der Waals surface area contributed by atoms with E-state index < -0.39 is 0 Å². The summed E-state index contributed by atoms with van der Waals surface area (Å²) in [6.07, 6.45) is 0. The molecule has 1 heterocycles. The van der Waals surface area contributed by atoms with Gasteiger partial charge in [-0.3, -0.25) is 0 Å². The second-order valence-corrected chi connectivity index (χ2v) is 5.37. The molecular weight excluding hydrogens is 233 g/mol. The van der Waals surface area contributed by atoms with Gasteiger partial charge in [0.15, 0.2) is 0 Å². The lowest BCUT2D eigenvalue weighted by molar-refractivity contribution is 0.553. The summed E-state index contributed by atoms with van der Waals surface area (Å²) in [6.45, 7) is 4.33. The zero-order chi connectivity index (χ0) is 12.3. The maximum atomic E-state index is 13.1. The standard InChI is InChI=1S/C14H16FNS/c1-10(2)14(13-7-4-8-17-13)16-12-6-3-5-11(15)9-12/h3-10,14,16H,1-2H3. The van der Waals surface area contributed by atoms with Crippen molar-refractivity contribution in [1.29, 1.82) is 0 Å². The fraction of sp³-hybridized carbons (Fsp3) is 0.286. The van der Waals surface area contributed by atoms with Gasteiger partial charge in [-0.15, -0.1) is 11.3 Å². The van der Waals surface area contributed by atoms with E-state index in [0.717, 1.165) is 5.69 Å². The monoisotopic (exact) mass is 249 g/mol. The molecule has 0 bridgehead atoms. The van der Waals surface area contributed by atoms with E-state index in [9.17, 15) is 4.39 Å². The quantitative estimate of drug-likeness (QED) is 0.828. The van der Waals surface area contributed by atoms with Crippen LogP contribution in [0.5, 0.6) is 0 Å². The van der Waals surface area contributed by atoms with Gasteiger partial charge >= 0.3 is 0 Å². The molecule has 90 valence electrons. The first-order chi connectivity index (χ1) is 8.16. The Morgan fingerprint density at radius 1 is 1.18 bits per heavy atom. The largest absolute Gasteiger partial charge is 0.377 e. The first-order valence-electron chi connectivity index (χ1n) is 5.72. The molecule has 0 aliphatic carbocycles. The maximum Gasteiger partial charge on any atom is 0.125 e. The Balaban J connectivity index is 2.19. The highest BCUT2D eigenvalue weighted by Crippen LogP contribution is 2.29. The molecule has 2 aromatic rings. The van der Waals surface area contributed by atoms with Crippen LogP contribution in [-0.4, -0.2) is 0 Å². The maximum absolute atomic E-state index is 13.1. The Hall–Kier alpha value is -1.35. The minimum absolute atomic E-state index is 0.205. The molecule has 2 rings (SSSR count). The van der Waals surface area contributed by atoms with Crippen molar-refractivity contribution in [2.75, 3.05) is 5.32 Å². The van der Waals surface area contributed by atoms with Gasteiger partial charge in [-0.25, -0.2) is 4.39 Å². The van der Waals surface area contributed by atoms with Crippen LogP contribution in [0.1, 0.15) is 24.8 Å². The van der Waals surface area contributed by atoms with Crippen LogP contribution < -0.4 is 5.32 Å². The molecule has 17 heavy (non-hydrogen) atoms. The summed E-state index contributed by atoms with van der Waals surface area (Å²) >= 11 is 1.73. The molecule has 0 radical (unpaired) electrons. The molecule has 0 saturated heterocycles. The molecule has 0 amide bonds. The first-order valence-corrected chi connectivity index (χ1v) is 6.60. The van der Waals surface area contributed by atoms with E-state index in [1.807, 2.05) is 12.1 Å². The summed E-state index contributed by atoms with van der Waals surface area (Å²) in [5.74, 6) is 0.251. The highest BCUT2D eigenvalue weighted by molar-refractivity contribution is 7.10. The highest BCUT2D eigenvalue weighted by Gasteiger charge is 2.16. The summed E-state index contributed by atoms with van der Waals surface area (Å²) < 4.78 is 13.1. The zero-order valence-corrected chi connectivity index (χ0v) is 10.8. The Labute approximate surface area is 105 Å². The fourth-order valence-corrected chi connectivity index (χ4v) is 2.74. The van der Waals surface area contributed by atoms with Crippen LogP contribution in [0.2, 0.25) is 0 Å². The predicted molar refractivity (Wildman–Crippen MR) is 71.9 cm³/mol. The topological polar surface area (TPSA) is 12.0 Å². The molecule has 1 unspecified atom stereocenters. The third-order valence-electron chi connectivity index (χ3n) is 2.66. The number of hydrogen-bond donors (Lipinski definition) is 1. The van der Waals surface area contributed by atoms with E-state index in [-0.39, 0.29) is 11.9 Å². The summed E-state index contributed by atoms with van der Waals surface area (Å²) in [5, 5.41) is 5.46. The van der Waals surface area contributed by atoms with Crippen molar-refractivity contribution in [2.45, 2.75) is 19.9 Å². The SMILES string of the molecule is CC(C)C(Nc1cccc(F)c1)c1cccs1. The first kappa shape index (κ1) is 12.1. The lowest BCUT2D eigenvalue weighted by atomic mass is 10.0. The normalized spacial score (nSPS) is 12.7.